The summed E-state index contributed by atoms with van der Waals surface area (Å²) in [6.07, 6.45) is -1.19. The van der Waals surface area contributed by atoms with Crippen LogP contribution in [0.25, 0.3) is 21.2 Å². The molecule has 2 atom stereocenters. The minimum Gasteiger partial charge on any atom is -0.407 e. The Morgan fingerprint density at radius 2 is 1.79 bits per heavy atom. The summed E-state index contributed by atoms with van der Waals surface area (Å²) in [6.45, 7) is 0.673. The minimum atomic E-state index is -0.814. The van der Waals surface area contributed by atoms with Crippen LogP contribution in [0.4, 0.5) is 14.2 Å². The highest BCUT2D eigenvalue weighted by molar-refractivity contribution is 7.22. The van der Waals surface area contributed by atoms with Crippen molar-refractivity contribution in [3.8, 4) is 16.9 Å². The van der Waals surface area contributed by atoms with Crippen LogP contribution in [-0.2, 0) is 13.0 Å². The van der Waals surface area contributed by atoms with Gasteiger partial charge in [0.05, 0.1) is 17.1 Å². The van der Waals surface area contributed by atoms with E-state index in [1.807, 2.05) is 54.6 Å². The smallest absolute Gasteiger partial charge is 0.407 e. The van der Waals surface area contributed by atoms with E-state index >= 15 is 0 Å². The number of halogens is 1. The normalized spacial score (nSPS) is 16.2. The standard InChI is InChI=1S/C32H27FN2O3S/c1-35(30-18-24-9-5-6-10-29(24)39-30)19-20-11-12-23-17-27(36)31(25(23)15-20)34-32(37)38-28-14-13-22(16-26(28)33)21-7-3-2-4-8-21/h2-16,18,27,31,36H,17,19H2,1H3,(H,34,37)/t27-,31-/m1/s1. The van der Waals surface area contributed by atoms with E-state index < -0.39 is 24.1 Å². The van der Waals surface area contributed by atoms with Crippen molar-refractivity contribution in [1.29, 1.82) is 0 Å². The molecule has 4 aromatic carbocycles. The molecule has 1 aromatic heterocycles. The Hall–Kier alpha value is -4.20. The van der Waals surface area contributed by atoms with Crippen LogP contribution in [0.3, 0.4) is 0 Å². The molecule has 0 saturated heterocycles. The van der Waals surface area contributed by atoms with Gasteiger partial charge in [-0.1, -0.05) is 72.8 Å². The summed E-state index contributed by atoms with van der Waals surface area (Å²) >= 11 is 1.74. The Bertz CT molecular complexity index is 1620. The van der Waals surface area contributed by atoms with Crippen LogP contribution in [0.5, 0.6) is 5.75 Å². The molecular weight excluding hydrogens is 511 g/mol. The third-order valence-corrected chi connectivity index (χ3v) is 8.31. The van der Waals surface area contributed by atoms with Gasteiger partial charge < -0.3 is 20.1 Å². The number of fused-ring (bicyclic) bond motifs is 2. The highest BCUT2D eigenvalue weighted by Crippen LogP contribution is 2.35. The molecule has 1 aliphatic rings. The van der Waals surface area contributed by atoms with Gasteiger partial charge in [0, 0.05) is 24.7 Å². The van der Waals surface area contributed by atoms with Crippen LogP contribution in [-0.4, -0.2) is 24.4 Å². The molecule has 0 spiro atoms. The van der Waals surface area contributed by atoms with Gasteiger partial charge in [-0.05, 0) is 57.5 Å². The van der Waals surface area contributed by atoms with Crippen LogP contribution < -0.4 is 15.0 Å². The second kappa shape index (κ2) is 10.5. The maximum absolute atomic E-state index is 14.7. The molecule has 0 fully saturated rings. The number of hydrogen-bond acceptors (Lipinski definition) is 5. The lowest BCUT2D eigenvalue weighted by atomic mass is 10.0. The monoisotopic (exact) mass is 538 g/mol. The quantitative estimate of drug-likeness (QED) is 0.242. The summed E-state index contributed by atoms with van der Waals surface area (Å²) < 4.78 is 21.3. The molecule has 1 heterocycles. The lowest BCUT2D eigenvalue weighted by Crippen LogP contribution is -2.36. The molecule has 7 heteroatoms. The molecule has 5 aromatic rings. The fraction of sp³-hybridized carbons (Fsp3) is 0.156. The highest BCUT2D eigenvalue weighted by atomic mass is 32.1. The van der Waals surface area contributed by atoms with Gasteiger partial charge in [0.2, 0.25) is 0 Å². The SMILES string of the molecule is CN(Cc1ccc2c(c1)[C@@H](NC(=O)Oc1ccc(-c3ccccc3)cc1F)[C@H](O)C2)c1cc2ccccc2s1. The average Bonchev–Trinajstić information content (AvgIpc) is 3.51. The first-order valence-corrected chi connectivity index (χ1v) is 13.6. The van der Waals surface area contributed by atoms with Gasteiger partial charge in [0.1, 0.15) is 0 Å². The van der Waals surface area contributed by atoms with Crippen molar-refractivity contribution in [2.45, 2.75) is 25.1 Å². The fourth-order valence-electron chi connectivity index (χ4n) is 5.10. The molecule has 0 bridgehead atoms. The van der Waals surface area contributed by atoms with Crippen molar-refractivity contribution < 1.29 is 19.0 Å². The number of aliphatic hydroxyl groups is 1. The zero-order valence-corrected chi connectivity index (χ0v) is 22.1. The number of ether oxygens (including phenoxy) is 1. The molecule has 2 N–H and O–H groups in total. The third-order valence-electron chi connectivity index (χ3n) is 7.08. The number of hydrogen-bond donors (Lipinski definition) is 2. The van der Waals surface area contributed by atoms with Crippen molar-refractivity contribution in [2.75, 3.05) is 11.9 Å². The number of carbonyl (C=O) groups excluding carboxylic acids is 1. The van der Waals surface area contributed by atoms with Crippen LogP contribution in [0.15, 0.2) is 97.1 Å². The van der Waals surface area contributed by atoms with E-state index in [0.717, 1.165) is 27.3 Å². The molecule has 0 aliphatic heterocycles. The van der Waals surface area contributed by atoms with Gasteiger partial charge in [0.15, 0.2) is 11.6 Å². The van der Waals surface area contributed by atoms with E-state index in [0.29, 0.717) is 18.5 Å². The topological polar surface area (TPSA) is 61.8 Å². The van der Waals surface area contributed by atoms with Crippen molar-refractivity contribution >= 4 is 32.5 Å². The first-order chi connectivity index (χ1) is 18.9. The molecule has 0 radical (unpaired) electrons. The number of carbonyl (C=O) groups is 1. The largest absolute Gasteiger partial charge is 0.413 e. The Morgan fingerprint density at radius 1 is 1.00 bits per heavy atom. The van der Waals surface area contributed by atoms with Crippen molar-refractivity contribution in [3.63, 3.8) is 0 Å². The molecule has 5 nitrogen and oxygen atoms in total. The summed E-state index contributed by atoms with van der Waals surface area (Å²) in [5.41, 5.74) is 4.44. The zero-order valence-electron chi connectivity index (χ0n) is 21.3. The molecule has 6 rings (SSSR count). The predicted octanol–water partition coefficient (Wildman–Crippen LogP) is 7.09. The zero-order chi connectivity index (χ0) is 26.9. The lowest BCUT2D eigenvalue weighted by Gasteiger charge is -2.20. The number of benzene rings is 4. The fourth-order valence-corrected chi connectivity index (χ4v) is 6.12. The summed E-state index contributed by atoms with van der Waals surface area (Å²) in [7, 11) is 2.05. The molecular formula is C32H27FN2O3S. The maximum Gasteiger partial charge on any atom is 0.413 e. The summed E-state index contributed by atoms with van der Waals surface area (Å²) in [5, 5.41) is 15.8. The number of thiophene rings is 1. The number of amides is 1. The van der Waals surface area contributed by atoms with Crippen LogP contribution >= 0.6 is 11.3 Å². The first-order valence-electron chi connectivity index (χ1n) is 12.8. The molecule has 1 amide bonds. The van der Waals surface area contributed by atoms with Crippen LogP contribution in [0.2, 0.25) is 0 Å². The number of rotatable bonds is 6. The molecule has 0 unspecified atom stereocenters. The van der Waals surface area contributed by atoms with Gasteiger partial charge in [0.25, 0.3) is 0 Å². The number of nitrogens with one attached hydrogen (secondary N) is 1. The van der Waals surface area contributed by atoms with E-state index in [4.69, 9.17) is 4.74 Å². The van der Waals surface area contributed by atoms with E-state index in [2.05, 4.69) is 41.5 Å². The highest BCUT2D eigenvalue weighted by Gasteiger charge is 2.33. The minimum absolute atomic E-state index is 0.168. The Kier molecular flexibility index (Phi) is 6.77. The van der Waals surface area contributed by atoms with Gasteiger partial charge >= 0.3 is 6.09 Å². The first kappa shape index (κ1) is 25.1. The van der Waals surface area contributed by atoms with Crippen LogP contribution in [0.1, 0.15) is 22.7 Å². The van der Waals surface area contributed by atoms with E-state index in [1.165, 1.54) is 22.2 Å². The van der Waals surface area contributed by atoms with Crippen molar-refractivity contribution in [1.82, 2.24) is 5.32 Å². The van der Waals surface area contributed by atoms with Gasteiger partial charge in [-0.15, -0.1) is 11.3 Å². The van der Waals surface area contributed by atoms with Crippen LogP contribution in [0, 0.1) is 5.82 Å². The molecule has 196 valence electrons. The van der Waals surface area contributed by atoms with E-state index in [9.17, 15) is 14.3 Å². The van der Waals surface area contributed by atoms with Gasteiger partial charge in [-0.2, -0.15) is 0 Å². The second-order valence-corrected chi connectivity index (χ2v) is 10.9. The molecule has 1 aliphatic carbocycles. The second-order valence-electron chi connectivity index (χ2n) is 9.81. The van der Waals surface area contributed by atoms with Crippen molar-refractivity contribution in [3.05, 3.63) is 120 Å². The summed E-state index contributed by atoms with van der Waals surface area (Å²) in [4.78, 5) is 14.9. The van der Waals surface area contributed by atoms with Crippen molar-refractivity contribution in [2.24, 2.45) is 0 Å². The maximum atomic E-state index is 14.7. The molecule has 0 saturated carbocycles. The number of aliphatic hydroxyl groups excluding tert-OH is 1. The van der Waals surface area contributed by atoms with E-state index in [1.54, 1.807) is 17.4 Å². The number of anilines is 1. The summed E-state index contributed by atoms with van der Waals surface area (Å²) in [6, 6.07) is 29.8. The van der Waals surface area contributed by atoms with E-state index in [-0.39, 0.29) is 5.75 Å². The Balaban J connectivity index is 1.15. The third kappa shape index (κ3) is 5.24. The van der Waals surface area contributed by atoms with Gasteiger partial charge in [-0.3, -0.25) is 0 Å². The average molecular weight is 539 g/mol. The Labute approximate surface area is 230 Å². The summed E-state index contributed by atoms with van der Waals surface area (Å²) in [5.74, 6) is -0.802. The molecule has 39 heavy (non-hydrogen) atoms. The lowest BCUT2D eigenvalue weighted by molar-refractivity contribution is 0.133. The predicted molar refractivity (Wildman–Crippen MR) is 154 cm³/mol. The Morgan fingerprint density at radius 3 is 2.59 bits per heavy atom. The van der Waals surface area contributed by atoms with Gasteiger partial charge in [-0.25, -0.2) is 9.18 Å². The number of nitrogens with zero attached hydrogens (tertiary/aromatic N) is 1.